The van der Waals surface area contributed by atoms with Gasteiger partial charge in [0.2, 0.25) is 5.88 Å². The van der Waals surface area contributed by atoms with E-state index in [0.717, 1.165) is 12.1 Å². The van der Waals surface area contributed by atoms with Crippen LogP contribution in [0.15, 0.2) is 18.2 Å². The van der Waals surface area contributed by atoms with Crippen LogP contribution in [0.2, 0.25) is 5.02 Å². The predicted molar refractivity (Wildman–Crippen MR) is 146 cm³/mol. The number of aliphatic hydroxyl groups excluding tert-OH is 1. The van der Waals surface area contributed by atoms with Crippen molar-refractivity contribution in [2.24, 2.45) is 0 Å². The van der Waals surface area contributed by atoms with Gasteiger partial charge in [0.05, 0.1) is 24.3 Å². The number of H-pyrrole nitrogens is 1. The number of ether oxygens (including phenoxy) is 5. The molecule has 2 fully saturated rings. The van der Waals surface area contributed by atoms with E-state index in [9.17, 15) is 13.9 Å². The molecule has 0 aliphatic carbocycles. The number of hydrogen-bond donors (Lipinski definition) is 3. The minimum atomic E-state index is -0.812. The third kappa shape index (κ3) is 7.70. The Hall–Kier alpha value is -2.77. The van der Waals surface area contributed by atoms with Crippen LogP contribution >= 0.6 is 11.6 Å². The maximum atomic E-state index is 14.5. The standard InChI is InChI=1S/C23H24ClF2N3O6.C2H7N.C2H6/c1-23(2,3)35-10-4-13(25)11(14(26)5-10)7-33-21-12(24)6-15-20(28-21)29-22(27-15)34-17-9-32-18-16(30)8-31-19(17)18;1-3-2;1-2/h4-6,16-19,30H,7-9H2,1-3H3,(H,27,28,29);3H,1-2H3;1-2H3/t16-,17-,18?,19-;;/m1../s1. The molecule has 10 nitrogen and oxygen atoms in total. The first-order chi connectivity index (χ1) is 19.0. The molecule has 3 N–H and O–H groups in total. The molecule has 3 aromatic rings. The Labute approximate surface area is 237 Å². The Morgan fingerprint density at radius 1 is 1.07 bits per heavy atom. The molecule has 0 bridgehead atoms. The predicted octanol–water partition coefficient (Wildman–Crippen LogP) is 4.41. The molecule has 2 aliphatic heterocycles. The van der Waals surface area contributed by atoms with Crippen molar-refractivity contribution in [2.75, 3.05) is 27.3 Å². The van der Waals surface area contributed by atoms with Crippen LogP contribution in [0.3, 0.4) is 0 Å². The Bertz CT molecular complexity index is 1250. The Balaban J connectivity index is 0.000000827. The second kappa shape index (κ2) is 13.7. The van der Waals surface area contributed by atoms with Gasteiger partial charge in [-0.25, -0.2) is 8.78 Å². The highest BCUT2D eigenvalue weighted by Crippen LogP contribution is 2.32. The largest absolute Gasteiger partial charge is 0.488 e. The van der Waals surface area contributed by atoms with E-state index in [4.69, 9.17) is 35.3 Å². The van der Waals surface area contributed by atoms with E-state index in [1.54, 1.807) is 20.8 Å². The van der Waals surface area contributed by atoms with Crippen LogP contribution in [-0.2, 0) is 16.1 Å². The summed E-state index contributed by atoms with van der Waals surface area (Å²) in [6.07, 6.45) is -1.99. The van der Waals surface area contributed by atoms with E-state index in [0.29, 0.717) is 5.52 Å². The molecule has 13 heteroatoms. The Morgan fingerprint density at radius 3 is 2.33 bits per heavy atom. The van der Waals surface area contributed by atoms with Crippen molar-refractivity contribution in [1.29, 1.82) is 0 Å². The van der Waals surface area contributed by atoms with Gasteiger partial charge in [-0.05, 0) is 40.9 Å². The molecule has 0 saturated carbocycles. The average Bonchev–Trinajstić information content (AvgIpc) is 3.56. The van der Waals surface area contributed by atoms with E-state index in [-0.39, 0.29) is 47.1 Å². The van der Waals surface area contributed by atoms with Gasteiger partial charge in [-0.15, -0.1) is 0 Å². The van der Waals surface area contributed by atoms with E-state index >= 15 is 0 Å². The lowest BCUT2D eigenvalue weighted by molar-refractivity contribution is 0.00706. The number of nitrogens with zero attached hydrogens (tertiary/aromatic N) is 2. The molecule has 1 unspecified atom stereocenters. The van der Waals surface area contributed by atoms with E-state index in [2.05, 4.69) is 20.3 Å². The number of imidazole rings is 1. The van der Waals surface area contributed by atoms with Gasteiger partial charge in [0.15, 0.2) is 11.8 Å². The molecule has 222 valence electrons. The lowest BCUT2D eigenvalue weighted by Gasteiger charge is -2.21. The fourth-order valence-corrected chi connectivity index (χ4v) is 4.20. The number of aliphatic hydroxyl groups is 1. The number of rotatable bonds is 6. The first-order valence-electron chi connectivity index (χ1n) is 13.0. The second-order valence-electron chi connectivity index (χ2n) is 9.88. The number of halogens is 3. The van der Waals surface area contributed by atoms with Gasteiger partial charge in [0, 0.05) is 12.1 Å². The summed E-state index contributed by atoms with van der Waals surface area (Å²) in [6, 6.07) is 3.89. The molecule has 40 heavy (non-hydrogen) atoms. The number of fused-ring (bicyclic) bond motifs is 2. The highest BCUT2D eigenvalue weighted by Gasteiger charge is 2.48. The lowest BCUT2D eigenvalue weighted by Crippen LogP contribution is -2.34. The molecule has 0 spiro atoms. The van der Waals surface area contributed by atoms with Gasteiger partial charge in [-0.1, -0.05) is 25.4 Å². The molecular formula is C27H37ClF2N4O6. The maximum Gasteiger partial charge on any atom is 0.296 e. The van der Waals surface area contributed by atoms with Crippen LogP contribution in [-0.4, -0.2) is 77.4 Å². The van der Waals surface area contributed by atoms with Crippen molar-refractivity contribution in [3.8, 4) is 17.6 Å². The summed E-state index contributed by atoms with van der Waals surface area (Å²) in [5.41, 5.74) is -0.184. The summed E-state index contributed by atoms with van der Waals surface area (Å²) < 4.78 is 57.0. The number of aromatic nitrogens is 3. The first kappa shape index (κ1) is 31.8. The van der Waals surface area contributed by atoms with Gasteiger partial charge in [0.25, 0.3) is 6.01 Å². The molecular weight excluding hydrogens is 550 g/mol. The SMILES string of the molecule is CC.CC(C)(C)Oc1cc(F)c(COc2nc3nc(O[C@@H]4COC5[C@H](O)CO[C@@H]54)[nH]c3cc2Cl)c(F)c1.CNC. The topological polar surface area (TPSA) is 120 Å². The number of aromatic amines is 1. The Kier molecular flexibility index (Phi) is 10.9. The van der Waals surface area contributed by atoms with Gasteiger partial charge >= 0.3 is 0 Å². The quantitative estimate of drug-likeness (QED) is 0.386. The minimum absolute atomic E-state index is 0.0439. The van der Waals surface area contributed by atoms with Crippen LogP contribution in [0.1, 0.15) is 40.2 Å². The van der Waals surface area contributed by atoms with E-state index in [1.165, 1.54) is 6.07 Å². The molecule has 2 saturated heterocycles. The van der Waals surface area contributed by atoms with Crippen LogP contribution in [0.25, 0.3) is 11.2 Å². The van der Waals surface area contributed by atoms with Crippen LogP contribution in [0, 0.1) is 11.6 Å². The zero-order chi connectivity index (χ0) is 29.6. The monoisotopic (exact) mass is 586 g/mol. The molecule has 5 rings (SSSR count). The summed E-state index contributed by atoms with van der Waals surface area (Å²) in [7, 11) is 3.75. The summed E-state index contributed by atoms with van der Waals surface area (Å²) in [5, 5.41) is 12.7. The lowest BCUT2D eigenvalue weighted by atomic mass is 10.1. The molecule has 4 heterocycles. The van der Waals surface area contributed by atoms with E-state index in [1.807, 2.05) is 27.9 Å². The zero-order valence-corrected chi connectivity index (χ0v) is 24.4. The molecule has 2 aliphatic rings. The fourth-order valence-electron chi connectivity index (χ4n) is 4.00. The number of benzene rings is 1. The van der Waals surface area contributed by atoms with Gasteiger partial charge in [-0.3, -0.25) is 0 Å². The summed E-state index contributed by atoms with van der Waals surface area (Å²) in [6.45, 7) is 9.31. The van der Waals surface area contributed by atoms with E-state index < -0.39 is 48.3 Å². The van der Waals surface area contributed by atoms with Gasteiger partial charge < -0.3 is 39.1 Å². The minimum Gasteiger partial charge on any atom is -0.488 e. The highest BCUT2D eigenvalue weighted by molar-refractivity contribution is 6.32. The van der Waals surface area contributed by atoms with Crippen molar-refractivity contribution in [2.45, 2.75) is 71.2 Å². The van der Waals surface area contributed by atoms with Crippen LogP contribution in [0.5, 0.6) is 17.6 Å². The Morgan fingerprint density at radius 2 is 1.70 bits per heavy atom. The van der Waals surface area contributed by atoms with Crippen LogP contribution < -0.4 is 19.5 Å². The maximum absolute atomic E-state index is 14.5. The number of hydrogen-bond acceptors (Lipinski definition) is 9. The van der Waals surface area contributed by atoms with Crippen molar-refractivity contribution in [1.82, 2.24) is 20.3 Å². The highest BCUT2D eigenvalue weighted by atomic mass is 35.5. The smallest absolute Gasteiger partial charge is 0.296 e. The number of pyridine rings is 1. The molecule has 0 radical (unpaired) electrons. The van der Waals surface area contributed by atoms with Gasteiger partial charge in [-0.2, -0.15) is 9.97 Å². The van der Waals surface area contributed by atoms with Crippen LogP contribution in [0.4, 0.5) is 8.78 Å². The zero-order valence-electron chi connectivity index (χ0n) is 23.7. The van der Waals surface area contributed by atoms with Crippen molar-refractivity contribution in [3.05, 3.63) is 40.4 Å². The first-order valence-corrected chi connectivity index (χ1v) is 13.4. The number of nitrogens with one attached hydrogen (secondary N) is 2. The summed E-state index contributed by atoms with van der Waals surface area (Å²) in [4.78, 5) is 11.5. The van der Waals surface area contributed by atoms with Gasteiger partial charge in [0.1, 0.15) is 52.9 Å². The molecule has 2 aromatic heterocycles. The molecule has 4 atom stereocenters. The van der Waals surface area contributed by atoms with Crippen molar-refractivity contribution in [3.63, 3.8) is 0 Å². The third-order valence-electron chi connectivity index (χ3n) is 5.51. The molecule has 0 amide bonds. The second-order valence-corrected chi connectivity index (χ2v) is 10.3. The fraction of sp³-hybridized carbons (Fsp3) is 0.556. The summed E-state index contributed by atoms with van der Waals surface area (Å²) >= 11 is 6.26. The summed E-state index contributed by atoms with van der Waals surface area (Å²) in [5.74, 6) is -1.59. The van der Waals surface area contributed by atoms with Crippen molar-refractivity contribution < 1.29 is 37.6 Å². The third-order valence-corrected chi connectivity index (χ3v) is 5.78. The normalized spacial score (nSPS) is 21.7. The molecule has 1 aromatic carbocycles. The van der Waals surface area contributed by atoms with Crippen molar-refractivity contribution >= 4 is 22.8 Å². The average molecular weight is 587 g/mol.